The molecule has 1 N–H and O–H groups in total. The summed E-state index contributed by atoms with van der Waals surface area (Å²) in [5.41, 5.74) is 1.37. The minimum atomic E-state index is 0.428. The summed E-state index contributed by atoms with van der Waals surface area (Å²) in [6.45, 7) is 7.90. The van der Waals surface area contributed by atoms with Crippen LogP contribution in [0.2, 0.25) is 0 Å². The first-order valence-corrected chi connectivity index (χ1v) is 6.48. The Morgan fingerprint density at radius 2 is 1.71 bits per heavy atom. The van der Waals surface area contributed by atoms with E-state index in [4.69, 9.17) is 0 Å². The van der Waals surface area contributed by atoms with Crippen molar-refractivity contribution in [1.82, 2.24) is 10.2 Å². The largest absolute Gasteiger partial charge is 0.313 e. The van der Waals surface area contributed by atoms with Crippen LogP contribution in [-0.2, 0) is 0 Å². The number of rotatable bonds is 6. The van der Waals surface area contributed by atoms with Gasteiger partial charge in [-0.25, -0.2) is 0 Å². The zero-order valence-corrected chi connectivity index (χ0v) is 11.8. The lowest BCUT2D eigenvalue weighted by Crippen LogP contribution is -2.36. The van der Waals surface area contributed by atoms with Crippen LogP contribution >= 0.6 is 0 Å². The van der Waals surface area contributed by atoms with Gasteiger partial charge in [-0.15, -0.1) is 0 Å². The summed E-state index contributed by atoms with van der Waals surface area (Å²) < 4.78 is 0. The van der Waals surface area contributed by atoms with Crippen LogP contribution in [0.4, 0.5) is 0 Å². The SMILES string of the molecule is CNC(c1ccccc1)C(C)CN(C)C(C)C. The van der Waals surface area contributed by atoms with Gasteiger partial charge in [0.2, 0.25) is 0 Å². The predicted octanol–water partition coefficient (Wildman–Crippen LogP) is 2.92. The average molecular weight is 234 g/mol. The van der Waals surface area contributed by atoms with Crippen molar-refractivity contribution in [3.63, 3.8) is 0 Å². The molecular formula is C15H26N2. The zero-order valence-electron chi connectivity index (χ0n) is 11.8. The summed E-state index contributed by atoms with van der Waals surface area (Å²) >= 11 is 0. The van der Waals surface area contributed by atoms with Gasteiger partial charge in [0, 0.05) is 18.6 Å². The molecule has 0 heterocycles. The third-order valence-electron chi connectivity index (χ3n) is 3.50. The van der Waals surface area contributed by atoms with E-state index in [9.17, 15) is 0 Å². The van der Waals surface area contributed by atoms with E-state index in [0.29, 0.717) is 18.0 Å². The van der Waals surface area contributed by atoms with Crippen LogP contribution in [0.5, 0.6) is 0 Å². The molecule has 17 heavy (non-hydrogen) atoms. The monoisotopic (exact) mass is 234 g/mol. The van der Waals surface area contributed by atoms with Crippen LogP contribution in [-0.4, -0.2) is 31.6 Å². The molecule has 96 valence electrons. The molecule has 2 unspecified atom stereocenters. The van der Waals surface area contributed by atoms with Gasteiger partial charge >= 0.3 is 0 Å². The second-order valence-corrected chi connectivity index (χ2v) is 5.19. The van der Waals surface area contributed by atoms with E-state index in [-0.39, 0.29) is 0 Å². The summed E-state index contributed by atoms with van der Waals surface area (Å²) in [5.74, 6) is 0.592. The smallest absolute Gasteiger partial charge is 0.0355 e. The molecule has 2 atom stereocenters. The molecule has 0 fully saturated rings. The van der Waals surface area contributed by atoms with E-state index in [1.54, 1.807) is 0 Å². The van der Waals surface area contributed by atoms with Crippen molar-refractivity contribution in [3.8, 4) is 0 Å². The number of benzene rings is 1. The summed E-state index contributed by atoms with van der Waals surface area (Å²) in [4.78, 5) is 2.40. The molecule has 2 heteroatoms. The maximum absolute atomic E-state index is 3.44. The lowest BCUT2D eigenvalue weighted by molar-refractivity contribution is 0.213. The number of hydrogen-bond donors (Lipinski definition) is 1. The highest BCUT2D eigenvalue weighted by atomic mass is 15.1. The van der Waals surface area contributed by atoms with Crippen molar-refractivity contribution in [3.05, 3.63) is 35.9 Å². The molecule has 0 aromatic heterocycles. The molecule has 0 aliphatic carbocycles. The van der Waals surface area contributed by atoms with Gasteiger partial charge in [-0.3, -0.25) is 0 Å². The Bertz CT molecular complexity index is 308. The molecule has 0 saturated heterocycles. The molecule has 0 amide bonds. The van der Waals surface area contributed by atoms with Gasteiger partial charge in [-0.2, -0.15) is 0 Å². The first-order valence-electron chi connectivity index (χ1n) is 6.48. The topological polar surface area (TPSA) is 15.3 Å². The molecule has 0 aliphatic rings. The van der Waals surface area contributed by atoms with E-state index < -0.39 is 0 Å². The molecule has 0 spiro atoms. The minimum absolute atomic E-state index is 0.428. The van der Waals surface area contributed by atoms with Crippen LogP contribution in [0.1, 0.15) is 32.4 Å². The highest BCUT2D eigenvalue weighted by Gasteiger charge is 2.19. The first kappa shape index (κ1) is 14.2. The third kappa shape index (κ3) is 4.14. The second-order valence-electron chi connectivity index (χ2n) is 5.19. The minimum Gasteiger partial charge on any atom is -0.313 e. The average Bonchev–Trinajstić information content (AvgIpc) is 2.31. The highest BCUT2D eigenvalue weighted by Crippen LogP contribution is 2.22. The Balaban J connectivity index is 2.68. The highest BCUT2D eigenvalue weighted by molar-refractivity contribution is 5.19. The number of nitrogens with zero attached hydrogens (tertiary/aromatic N) is 1. The van der Waals surface area contributed by atoms with E-state index in [0.717, 1.165) is 6.54 Å². The molecule has 1 aromatic carbocycles. The van der Waals surface area contributed by atoms with Crippen LogP contribution in [0, 0.1) is 5.92 Å². The second kappa shape index (κ2) is 6.77. The van der Waals surface area contributed by atoms with Crippen LogP contribution in [0.25, 0.3) is 0 Å². The Kier molecular flexibility index (Phi) is 5.66. The van der Waals surface area contributed by atoms with Crippen molar-refractivity contribution in [2.45, 2.75) is 32.9 Å². The summed E-state index contributed by atoms with van der Waals surface area (Å²) in [5, 5.41) is 3.44. The van der Waals surface area contributed by atoms with Gasteiger partial charge in [0.15, 0.2) is 0 Å². The third-order valence-corrected chi connectivity index (χ3v) is 3.50. The number of hydrogen-bond acceptors (Lipinski definition) is 2. The van der Waals surface area contributed by atoms with Crippen LogP contribution in [0.15, 0.2) is 30.3 Å². The van der Waals surface area contributed by atoms with Crippen LogP contribution in [0.3, 0.4) is 0 Å². The van der Waals surface area contributed by atoms with E-state index in [1.807, 2.05) is 7.05 Å². The first-order chi connectivity index (χ1) is 8.06. The van der Waals surface area contributed by atoms with Crippen molar-refractivity contribution < 1.29 is 0 Å². The molecule has 0 aliphatic heterocycles. The predicted molar refractivity (Wildman–Crippen MR) is 75.2 cm³/mol. The van der Waals surface area contributed by atoms with Crippen molar-refractivity contribution in [2.75, 3.05) is 20.6 Å². The fourth-order valence-corrected chi connectivity index (χ4v) is 2.21. The molecule has 0 radical (unpaired) electrons. The Morgan fingerprint density at radius 1 is 1.12 bits per heavy atom. The van der Waals surface area contributed by atoms with Crippen molar-refractivity contribution >= 4 is 0 Å². The molecular weight excluding hydrogens is 208 g/mol. The lowest BCUT2D eigenvalue weighted by atomic mass is 9.94. The zero-order chi connectivity index (χ0) is 12.8. The van der Waals surface area contributed by atoms with Gasteiger partial charge < -0.3 is 10.2 Å². The normalized spacial score (nSPS) is 15.2. The Labute approximate surface area is 106 Å². The fourth-order valence-electron chi connectivity index (χ4n) is 2.21. The van der Waals surface area contributed by atoms with E-state index >= 15 is 0 Å². The Hall–Kier alpha value is -0.860. The molecule has 0 bridgehead atoms. The van der Waals surface area contributed by atoms with Gasteiger partial charge in [0.05, 0.1) is 0 Å². The molecule has 0 saturated carbocycles. The lowest BCUT2D eigenvalue weighted by Gasteiger charge is -2.30. The standard InChI is InChI=1S/C15H26N2/c1-12(2)17(5)11-13(3)15(16-4)14-9-7-6-8-10-14/h6-10,12-13,15-16H,11H2,1-5H3. The van der Waals surface area contributed by atoms with E-state index in [1.165, 1.54) is 5.56 Å². The Morgan fingerprint density at radius 3 is 2.18 bits per heavy atom. The number of nitrogens with one attached hydrogen (secondary N) is 1. The summed E-state index contributed by atoms with van der Waals surface area (Å²) in [6.07, 6.45) is 0. The summed E-state index contributed by atoms with van der Waals surface area (Å²) in [7, 11) is 4.24. The maximum Gasteiger partial charge on any atom is 0.0355 e. The van der Waals surface area contributed by atoms with Crippen LogP contribution < -0.4 is 5.32 Å². The maximum atomic E-state index is 3.44. The van der Waals surface area contributed by atoms with Gasteiger partial charge in [-0.1, -0.05) is 37.3 Å². The molecule has 1 aromatic rings. The van der Waals surface area contributed by atoms with E-state index in [2.05, 4.69) is 68.4 Å². The molecule has 1 rings (SSSR count). The van der Waals surface area contributed by atoms with Crippen molar-refractivity contribution in [2.24, 2.45) is 5.92 Å². The van der Waals surface area contributed by atoms with Gasteiger partial charge in [0.25, 0.3) is 0 Å². The molecule has 2 nitrogen and oxygen atoms in total. The summed E-state index contributed by atoms with van der Waals surface area (Å²) in [6, 6.07) is 11.7. The van der Waals surface area contributed by atoms with Crippen molar-refractivity contribution in [1.29, 1.82) is 0 Å². The van der Waals surface area contributed by atoms with Gasteiger partial charge in [0.1, 0.15) is 0 Å². The fraction of sp³-hybridized carbons (Fsp3) is 0.600. The van der Waals surface area contributed by atoms with Gasteiger partial charge in [-0.05, 0) is 39.4 Å². The quantitative estimate of drug-likeness (QED) is 0.814.